The van der Waals surface area contributed by atoms with Gasteiger partial charge in [0, 0.05) is 11.8 Å². The summed E-state index contributed by atoms with van der Waals surface area (Å²) in [4.78, 5) is 31.4. The summed E-state index contributed by atoms with van der Waals surface area (Å²) in [5, 5.41) is 2.19. The van der Waals surface area contributed by atoms with Crippen molar-refractivity contribution in [2.24, 2.45) is 0 Å². The molecule has 0 radical (unpaired) electrons. The molecule has 160 valence electrons. The molecule has 1 amide bonds. The van der Waals surface area contributed by atoms with E-state index in [0.29, 0.717) is 11.3 Å². The number of aromatic nitrogens is 2. The number of rotatable bonds is 6. The first-order chi connectivity index (χ1) is 14.7. The van der Waals surface area contributed by atoms with Crippen LogP contribution in [-0.2, 0) is 14.3 Å². The molecule has 31 heavy (non-hydrogen) atoms. The summed E-state index contributed by atoms with van der Waals surface area (Å²) in [7, 11) is 0. The van der Waals surface area contributed by atoms with Crippen molar-refractivity contribution < 1.29 is 36.6 Å². The van der Waals surface area contributed by atoms with Crippen LogP contribution in [0.4, 0.5) is 23.4 Å². The summed E-state index contributed by atoms with van der Waals surface area (Å²) in [5.74, 6) is -4.38. The standard InChI is InChI=1S/C20H13F4N3O4/c21-13-6-4-12(5-7-13)15-9-8-14(11-26-15)30-18(31-19(29)20(22,23)24)17(28)27-16-3-1-2-10-25-16/h1-11,18H,(H,25,27,28). The molecule has 0 fully saturated rings. The molecule has 11 heteroatoms. The van der Waals surface area contributed by atoms with Crippen LogP contribution in [0.5, 0.6) is 5.75 Å². The van der Waals surface area contributed by atoms with E-state index in [0.717, 1.165) is 6.20 Å². The van der Waals surface area contributed by atoms with Gasteiger partial charge in [-0.05, 0) is 48.5 Å². The van der Waals surface area contributed by atoms with E-state index in [1.807, 2.05) is 0 Å². The third-order valence-electron chi connectivity index (χ3n) is 3.70. The largest absolute Gasteiger partial charge is 0.491 e. The molecule has 2 aromatic heterocycles. The Morgan fingerprint density at radius 3 is 2.29 bits per heavy atom. The maximum atomic E-state index is 13.0. The summed E-state index contributed by atoms with van der Waals surface area (Å²) in [6.07, 6.45) is -5.15. The highest BCUT2D eigenvalue weighted by Crippen LogP contribution is 2.22. The molecule has 1 atom stereocenters. The molecule has 7 nitrogen and oxygen atoms in total. The lowest BCUT2D eigenvalue weighted by Crippen LogP contribution is -2.41. The number of carbonyl (C=O) groups is 2. The number of esters is 1. The number of carbonyl (C=O) groups excluding carboxylic acids is 2. The van der Waals surface area contributed by atoms with Gasteiger partial charge in [0.25, 0.3) is 0 Å². The first-order valence-electron chi connectivity index (χ1n) is 8.61. The van der Waals surface area contributed by atoms with E-state index in [-0.39, 0.29) is 11.6 Å². The molecule has 0 aliphatic carbocycles. The van der Waals surface area contributed by atoms with Crippen LogP contribution < -0.4 is 10.1 Å². The van der Waals surface area contributed by atoms with Gasteiger partial charge in [0.05, 0.1) is 11.9 Å². The number of anilines is 1. The van der Waals surface area contributed by atoms with Gasteiger partial charge in [0.2, 0.25) is 0 Å². The highest BCUT2D eigenvalue weighted by atomic mass is 19.4. The lowest BCUT2D eigenvalue weighted by Gasteiger charge is -2.19. The van der Waals surface area contributed by atoms with Gasteiger partial charge in [0.15, 0.2) is 0 Å². The van der Waals surface area contributed by atoms with E-state index in [4.69, 9.17) is 4.74 Å². The summed E-state index contributed by atoms with van der Waals surface area (Å²) in [6.45, 7) is 0. The summed E-state index contributed by atoms with van der Waals surface area (Å²) >= 11 is 0. The Hall–Kier alpha value is -4.02. The zero-order valence-electron chi connectivity index (χ0n) is 15.5. The van der Waals surface area contributed by atoms with Crippen molar-refractivity contribution in [2.45, 2.75) is 12.5 Å². The predicted molar refractivity (Wildman–Crippen MR) is 99.1 cm³/mol. The van der Waals surface area contributed by atoms with Crippen LogP contribution in [0.1, 0.15) is 0 Å². The van der Waals surface area contributed by atoms with Crippen molar-refractivity contribution in [2.75, 3.05) is 5.32 Å². The normalized spacial score (nSPS) is 12.0. The van der Waals surface area contributed by atoms with Crippen molar-refractivity contribution in [3.05, 3.63) is 72.8 Å². The van der Waals surface area contributed by atoms with E-state index in [9.17, 15) is 27.2 Å². The molecule has 1 aromatic carbocycles. The first kappa shape index (κ1) is 21.7. The quantitative estimate of drug-likeness (QED) is 0.361. The fourth-order valence-electron chi connectivity index (χ4n) is 2.28. The highest BCUT2D eigenvalue weighted by molar-refractivity contribution is 5.94. The van der Waals surface area contributed by atoms with Gasteiger partial charge < -0.3 is 14.8 Å². The van der Waals surface area contributed by atoms with Crippen molar-refractivity contribution in [3.63, 3.8) is 0 Å². The Bertz CT molecular complexity index is 1040. The Balaban J connectivity index is 1.77. The minimum atomic E-state index is -5.34. The summed E-state index contributed by atoms with van der Waals surface area (Å²) in [5.41, 5.74) is 0.981. The maximum absolute atomic E-state index is 13.0. The van der Waals surface area contributed by atoms with E-state index in [2.05, 4.69) is 20.0 Å². The molecule has 2 heterocycles. The van der Waals surface area contributed by atoms with Crippen molar-refractivity contribution >= 4 is 17.7 Å². The number of hydrogen-bond donors (Lipinski definition) is 1. The van der Waals surface area contributed by atoms with Crippen molar-refractivity contribution in [3.8, 4) is 17.0 Å². The number of nitrogens with one attached hydrogen (secondary N) is 1. The van der Waals surface area contributed by atoms with Crippen LogP contribution in [0.3, 0.4) is 0 Å². The minimum Gasteiger partial charge on any atom is -0.445 e. The van der Waals surface area contributed by atoms with Gasteiger partial charge in [-0.1, -0.05) is 6.07 Å². The molecule has 1 unspecified atom stereocenters. The SMILES string of the molecule is O=C(Nc1ccccn1)C(OC(=O)C(F)(F)F)Oc1ccc(-c2ccc(F)cc2)nc1. The van der Waals surface area contributed by atoms with Crippen LogP contribution in [0.2, 0.25) is 0 Å². The molecule has 0 aliphatic heterocycles. The summed E-state index contributed by atoms with van der Waals surface area (Å²) < 4.78 is 60.1. The lowest BCUT2D eigenvalue weighted by atomic mass is 10.1. The number of hydrogen-bond acceptors (Lipinski definition) is 6. The smallest absolute Gasteiger partial charge is 0.445 e. The number of benzene rings is 1. The number of halogens is 4. The molecule has 0 aliphatic rings. The van der Waals surface area contributed by atoms with E-state index in [1.165, 1.54) is 54.7 Å². The van der Waals surface area contributed by atoms with E-state index in [1.54, 1.807) is 6.07 Å². The molecule has 1 N–H and O–H groups in total. The van der Waals surface area contributed by atoms with Gasteiger partial charge in [0.1, 0.15) is 17.4 Å². The summed E-state index contributed by atoms with van der Waals surface area (Å²) in [6, 6.07) is 12.6. The number of amides is 1. The third kappa shape index (κ3) is 5.98. The first-order valence-corrected chi connectivity index (χ1v) is 8.61. The number of alkyl halides is 3. The minimum absolute atomic E-state index is 0.00828. The fraction of sp³-hybridized carbons (Fsp3) is 0.100. The van der Waals surface area contributed by atoms with Crippen LogP contribution in [-0.4, -0.2) is 34.3 Å². The molecule has 3 aromatic rings. The fourth-order valence-corrected chi connectivity index (χ4v) is 2.28. The molecular weight excluding hydrogens is 422 g/mol. The zero-order valence-corrected chi connectivity index (χ0v) is 15.5. The Labute approximate surface area is 172 Å². The molecular formula is C20H13F4N3O4. The van der Waals surface area contributed by atoms with Gasteiger partial charge in [-0.15, -0.1) is 0 Å². The Kier molecular flexibility index (Phi) is 6.43. The predicted octanol–water partition coefficient (Wildman–Crippen LogP) is 3.73. The van der Waals surface area contributed by atoms with Gasteiger partial charge in [-0.25, -0.2) is 14.2 Å². The third-order valence-corrected chi connectivity index (χ3v) is 3.70. The maximum Gasteiger partial charge on any atom is 0.491 e. The average molecular weight is 435 g/mol. The molecule has 0 spiro atoms. The van der Waals surface area contributed by atoms with Crippen LogP contribution in [0.15, 0.2) is 67.0 Å². The van der Waals surface area contributed by atoms with Crippen LogP contribution in [0, 0.1) is 5.82 Å². The molecule has 0 saturated carbocycles. The second-order valence-corrected chi connectivity index (χ2v) is 5.94. The van der Waals surface area contributed by atoms with E-state index >= 15 is 0 Å². The van der Waals surface area contributed by atoms with Gasteiger partial charge >= 0.3 is 24.3 Å². The average Bonchev–Trinajstić information content (AvgIpc) is 2.74. The lowest BCUT2D eigenvalue weighted by molar-refractivity contribution is -0.215. The van der Waals surface area contributed by atoms with Crippen molar-refractivity contribution in [1.82, 2.24) is 9.97 Å². The van der Waals surface area contributed by atoms with E-state index < -0.39 is 30.2 Å². The van der Waals surface area contributed by atoms with Crippen LogP contribution >= 0.6 is 0 Å². The highest BCUT2D eigenvalue weighted by Gasteiger charge is 2.44. The second kappa shape index (κ2) is 9.20. The van der Waals surface area contributed by atoms with Gasteiger partial charge in [-0.3, -0.25) is 9.78 Å². The molecule has 0 saturated heterocycles. The Morgan fingerprint density at radius 2 is 1.71 bits per heavy atom. The monoisotopic (exact) mass is 435 g/mol. The van der Waals surface area contributed by atoms with Crippen molar-refractivity contribution in [1.29, 1.82) is 0 Å². The zero-order chi connectivity index (χ0) is 22.4. The number of nitrogens with zero attached hydrogens (tertiary/aromatic N) is 2. The molecule has 0 bridgehead atoms. The van der Waals surface area contributed by atoms with Crippen LogP contribution in [0.25, 0.3) is 11.3 Å². The Morgan fingerprint density at radius 1 is 0.968 bits per heavy atom. The topological polar surface area (TPSA) is 90.4 Å². The number of pyridine rings is 2. The number of ether oxygens (including phenoxy) is 2. The molecule has 3 rings (SSSR count). The van der Waals surface area contributed by atoms with Gasteiger partial charge in [-0.2, -0.15) is 13.2 Å². The second-order valence-electron chi connectivity index (χ2n) is 5.94.